The van der Waals surface area contributed by atoms with E-state index in [1.807, 2.05) is 49.9 Å². The van der Waals surface area contributed by atoms with E-state index in [0.717, 1.165) is 18.4 Å². The third-order valence-corrected chi connectivity index (χ3v) is 6.52. The number of rotatable bonds is 8. The van der Waals surface area contributed by atoms with Crippen molar-refractivity contribution in [3.8, 4) is 6.07 Å². The summed E-state index contributed by atoms with van der Waals surface area (Å²) in [5.41, 5.74) is 2.98. The number of benzene rings is 2. The smallest absolute Gasteiger partial charge is 0.410 e. The molecule has 0 spiro atoms. The Labute approximate surface area is 215 Å². The van der Waals surface area contributed by atoms with Crippen molar-refractivity contribution >= 4 is 12.0 Å². The number of hydrogen-bond donors (Lipinski definition) is 0. The average Bonchev–Trinajstić information content (AvgIpc) is 2.87. The highest BCUT2D eigenvalue weighted by molar-refractivity contribution is 5.94. The Morgan fingerprint density at radius 1 is 1.00 bits per heavy atom. The molecule has 0 bridgehead atoms. The standard InChI is InChI=1S/C30H39N3O3/c1-5-6-7-8-23-13-15-26(16-14-23)28(34)33(22-25-11-9-24(21-31)10-12-25)27-17-19-32(20-18-27)29(35)36-30(2,3)4/h9-16,27H,5-8,17-20,22H2,1-4H3. The van der Waals surface area contributed by atoms with E-state index in [1.54, 1.807) is 17.0 Å². The fourth-order valence-electron chi connectivity index (χ4n) is 4.49. The van der Waals surface area contributed by atoms with Crippen molar-refractivity contribution in [2.75, 3.05) is 13.1 Å². The molecule has 0 saturated carbocycles. The minimum absolute atomic E-state index is 0.00446. The van der Waals surface area contributed by atoms with Gasteiger partial charge in [-0.05, 0) is 81.8 Å². The summed E-state index contributed by atoms with van der Waals surface area (Å²) in [7, 11) is 0. The summed E-state index contributed by atoms with van der Waals surface area (Å²) >= 11 is 0. The molecule has 0 atom stereocenters. The predicted molar refractivity (Wildman–Crippen MR) is 142 cm³/mol. The number of likely N-dealkylation sites (tertiary alicyclic amines) is 1. The Morgan fingerprint density at radius 3 is 2.17 bits per heavy atom. The number of hydrogen-bond acceptors (Lipinski definition) is 4. The maximum atomic E-state index is 13.7. The minimum Gasteiger partial charge on any atom is -0.444 e. The van der Waals surface area contributed by atoms with Gasteiger partial charge in [0.15, 0.2) is 0 Å². The largest absolute Gasteiger partial charge is 0.444 e. The monoisotopic (exact) mass is 489 g/mol. The van der Waals surface area contributed by atoms with Gasteiger partial charge in [0.1, 0.15) is 5.60 Å². The van der Waals surface area contributed by atoms with Gasteiger partial charge in [-0.3, -0.25) is 4.79 Å². The Hall–Kier alpha value is -3.33. The molecular weight excluding hydrogens is 450 g/mol. The molecule has 0 aliphatic carbocycles. The second-order valence-corrected chi connectivity index (χ2v) is 10.6. The molecule has 0 radical (unpaired) electrons. The van der Waals surface area contributed by atoms with Gasteiger partial charge in [0.05, 0.1) is 11.6 Å². The molecular formula is C30H39N3O3. The summed E-state index contributed by atoms with van der Waals surface area (Å²) in [5, 5.41) is 9.12. The molecule has 36 heavy (non-hydrogen) atoms. The van der Waals surface area contributed by atoms with Crippen LogP contribution in [0.4, 0.5) is 4.79 Å². The van der Waals surface area contributed by atoms with Crippen molar-refractivity contribution in [1.82, 2.24) is 9.80 Å². The van der Waals surface area contributed by atoms with Gasteiger partial charge in [-0.15, -0.1) is 0 Å². The Bertz CT molecular complexity index is 1040. The van der Waals surface area contributed by atoms with E-state index < -0.39 is 5.60 Å². The van der Waals surface area contributed by atoms with Crippen LogP contribution >= 0.6 is 0 Å². The van der Waals surface area contributed by atoms with Gasteiger partial charge in [-0.25, -0.2) is 4.79 Å². The first-order valence-corrected chi connectivity index (χ1v) is 13.1. The number of carbonyl (C=O) groups is 2. The van der Waals surface area contributed by atoms with E-state index >= 15 is 0 Å². The van der Waals surface area contributed by atoms with Crippen LogP contribution in [0.1, 0.15) is 86.8 Å². The summed E-state index contributed by atoms with van der Waals surface area (Å²) in [6.07, 6.45) is 5.66. The third-order valence-electron chi connectivity index (χ3n) is 6.52. The molecule has 1 heterocycles. The second-order valence-electron chi connectivity index (χ2n) is 10.6. The number of amides is 2. The number of nitrogens with zero attached hydrogens (tertiary/aromatic N) is 3. The molecule has 192 valence electrons. The lowest BCUT2D eigenvalue weighted by Crippen LogP contribution is -2.49. The molecule has 2 amide bonds. The van der Waals surface area contributed by atoms with Gasteiger partial charge < -0.3 is 14.5 Å². The summed E-state index contributed by atoms with van der Waals surface area (Å²) < 4.78 is 5.53. The Kier molecular flexibility index (Phi) is 9.52. The summed E-state index contributed by atoms with van der Waals surface area (Å²) in [6.45, 7) is 9.35. The van der Waals surface area contributed by atoms with Crippen LogP contribution in [-0.4, -0.2) is 46.5 Å². The van der Waals surface area contributed by atoms with E-state index in [9.17, 15) is 9.59 Å². The summed E-state index contributed by atoms with van der Waals surface area (Å²) in [5.74, 6) is -0.00446. The van der Waals surface area contributed by atoms with Crippen LogP contribution in [0.25, 0.3) is 0 Å². The van der Waals surface area contributed by atoms with Crippen molar-refractivity contribution < 1.29 is 14.3 Å². The number of unbranched alkanes of at least 4 members (excludes halogenated alkanes) is 2. The van der Waals surface area contributed by atoms with Gasteiger partial charge >= 0.3 is 6.09 Å². The molecule has 0 N–H and O–H groups in total. The topological polar surface area (TPSA) is 73.6 Å². The van der Waals surface area contributed by atoms with Gasteiger partial charge in [0.2, 0.25) is 0 Å². The zero-order valence-corrected chi connectivity index (χ0v) is 22.1. The molecule has 0 unspecified atom stereocenters. The van der Waals surface area contributed by atoms with Crippen molar-refractivity contribution in [2.45, 2.75) is 84.4 Å². The molecule has 1 aliphatic rings. The van der Waals surface area contributed by atoms with Crippen LogP contribution in [0, 0.1) is 11.3 Å². The van der Waals surface area contributed by atoms with Crippen molar-refractivity contribution in [3.05, 3.63) is 70.8 Å². The molecule has 1 fully saturated rings. The zero-order valence-electron chi connectivity index (χ0n) is 22.1. The quantitative estimate of drug-likeness (QED) is 0.406. The van der Waals surface area contributed by atoms with Gasteiger partial charge in [0.25, 0.3) is 5.91 Å². The van der Waals surface area contributed by atoms with Crippen molar-refractivity contribution in [3.63, 3.8) is 0 Å². The zero-order chi connectivity index (χ0) is 26.1. The Morgan fingerprint density at radius 2 is 1.61 bits per heavy atom. The fraction of sp³-hybridized carbons (Fsp3) is 0.500. The number of carbonyl (C=O) groups excluding carboxylic acids is 2. The van der Waals surface area contributed by atoms with Gasteiger partial charge in [-0.2, -0.15) is 5.26 Å². The van der Waals surface area contributed by atoms with E-state index in [-0.39, 0.29) is 18.0 Å². The molecule has 1 saturated heterocycles. The molecule has 2 aromatic rings. The maximum Gasteiger partial charge on any atom is 0.410 e. The molecule has 2 aromatic carbocycles. The van der Waals surface area contributed by atoms with E-state index in [1.165, 1.54) is 18.4 Å². The number of aryl methyl sites for hydroxylation is 1. The highest BCUT2D eigenvalue weighted by Gasteiger charge is 2.32. The maximum absolute atomic E-state index is 13.7. The second kappa shape index (κ2) is 12.6. The van der Waals surface area contributed by atoms with Crippen LogP contribution in [0.3, 0.4) is 0 Å². The van der Waals surface area contributed by atoms with Crippen molar-refractivity contribution in [2.24, 2.45) is 0 Å². The minimum atomic E-state index is -0.534. The third kappa shape index (κ3) is 7.84. The first-order valence-electron chi connectivity index (χ1n) is 13.1. The van der Waals surface area contributed by atoms with Crippen molar-refractivity contribution in [1.29, 1.82) is 5.26 Å². The number of piperidine rings is 1. The molecule has 6 nitrogen and oxygen atoms in total. The predicted octanol–water partition coefficient (Wildman–Crippen LogP) is 6.33. The highest BCUT2D eigenvalue weighted by Crippen LogP contribution is 2.24. The van der Waals surface area contributed by atoms with Crippen LogP contribution < -0.4 is 0 Å². The van der Waals surface area contributed by atoms with E-state index in [0.29, 0.717) is 43.6 Å². The fourth-order valence-corrected chi connectivity index (χ4v) is 4.49. The van der Waals surface area contributed by atoms with Crippen LogP contribution in [0.2, 0.25) is 0 Å². The van der Waals surface area contributed by atoms with Crippen LogP contribution in [0.5, 0.6) is 0 Å². The summed E-state index contributed by atoms with van der Waals surface area (Å²) in [4.78, 5) is 29.9. The lowest BCUT2D eigenvalue weighted by molar-refractivity contribution is 0.0141. The van der Waals surface area contributed by atoms with Crippen LogP contribution in [0.15, 0.2) is 48.5 Å². The molecule has 3 rings (SSSR count). The summed E-state index contributed by atoms with van der Waals surface area (Å²) in [6, 6.07) is 17.5. The molecule has 6 heteroatoms. The van der Waals surface area contributed by atoms with Crippen LogP contribution in [-0.2, 0) is 17.7 Å². The Balaban J connectivity index is 1.74. The molecule has 0 aromatic heterocycles. The van der Waals surface area contributed by atoms with E-state index in [2.05, 4.69) is 25.1 Å². The number of nitriles is 1. The highest BCUT2D eigenvalue weighted by atomic mass is 16.6. The van der Waals surface area contributed by atoms with Gasteiger partial charge in [-0.1, -0.05) is 44.0 Å². The molecule has 1 aliphatic heterocycles. The lowest BCUT2D eigenvalue weighted by Gasteiger charge is -2.39. The van der Waals surface area contributed by atoms with E-state index in [4.69, 9.17) is 10.00 Å². The first kappa shape index (κ1) is 27.3. The van der Waals surface area contributed by atoms with Gasteiger partial charge in [0, 0.05) is 31.2 Å². The first-order chi connectivity index (χ1) is 17.2. The SMILES string of the molecule is CCCCCc1ccc(C(=O)N(Cc2ccc(C#N)cc2)C2CCN(C(=O)OC(C)(C)C)CC2)cc1. The lowest BCUT2D eigenvalue weighted by atomic mass is 10.00. The average molecular weight is 490 g/mol. The number of ether oxygens (including phenoxy) is 1. The normalized spacial score (nSPS) is 14.2.